The summed E-state index contributed by atoms with van der Waals surface area (Å²) in [5, 5.41) is 2.94. The zero-order valence-corrected chi connectivity index (χ0v) is 10.6. The summed E-state index contributed by atoms with van der Waals surface area (Å²) < 4.78 is 46.8. The number of hydrogen-bond acceptors (Lipinski definition) is 3. The molecule has 0 aromatic carbocycles. The minimum atomic E-state index is -4.09. The van der Waals surface area contributed by atoms with E-state index < -0.39 is 18.9 Å². The minimum Gasteiger partial charge on any atom is -0.351 e. The number of nitrogens with one attached hydrogen (secondary N) is 1. The number of ether oxygens (including phenoxy) is 2. The van der Waals surface area contributed by atoms with Gasteiger partial charge in [0.2, 0.25) is 0 Å². The number of rotatable bonds is 9. The second-order valence-corrected chi connectivity index (χ2v) is 3.68. The Labute approximate surface area is 101 Å². The summed E-state index contributed by atoms with van der Waals surface area (Å²) in [7, 11) is 1.70. The first-order valence-electron chi connectivity index (χ1n) is 5.91. The molecule has 0 bridgehead atoms. The first-order valence-corrected chi connectivity index (χ1v) is 5.91. The van der Waals surface area contributed by atoms with Gasteiger partial charge >= 0.3 is 6.18 Å². The van der Waals surface area contributed by atoms with Crippen LogP contribution < -0.4 is 5.32 Å². The Bertz CT molecular complexity index is 182. The van der Waals surface area contributed by atoms with Crippen molar-refractivity contribution in [3.8, 4) is 0 Å². The van der Waals surface area contributed by atoms with Crippen molar-refractivity contribution in [2.24, 2.45) is 0 Å². The van der Waals surface area contributed by atoms with E-state index in [0.29, 0.717) is 19.6 Å². The molecule has 0 aliphatic heterocycles. The second kappa shape index (κ2) is 8.72. The highest BCUT2D eigenvalue weighted by molar-refractivity contribution is 4.70. The highest BCUT2D eigenvalue weighted by Gasteiger charge is 2.28. The zero-order chi connectivity index (χ0) is 13.3. The summed E-state index contributed by atoms with van der Waals surface area (Å²) in [4.78, 5) is 0. The van der Waals surface area contributed by atoms with Gasteiger partial charge in [0.15, 0.2) is 6.29 Å². The lowest BCUT2D eigenvalue weighted by molar-refractivity contribution is -0.158. The first-order chi connectivity index (χ1) is 7.94. The summed E-state index contributed by atoms with van der Waals surface area (Å²) in [5.74, 6) is 0. The molecule has 17 heavy (non-hydrogen) atoms. The molecule has 104 valence electrons. The molecule has 1 atom stereocenters. The van der Waals surface area contributed by atoms with E-state index in [1.807, 2.05) is 13.8 Å². The Morgan fingerprint density at radius 2 is 1.65 bits per heavy atom. The average molecular weight is 257 g/mol. The van der Waals surface area contributed by atoms with Crippen molar-refractivity contribution in [1.82, 2.24) is 5.32 Å². The lowest BCUT2D eigenvalue weighted by Gasteiger charge is -2.26. The van der Waals surface area contributed by atoms with Gasteiger partial charge in [-0.15, -0.1) is 0 Å². The van der Waals surface area contributed by atoms with Crippen LogP contribution >= 0.6 is 0 Å². The van der Waals surface area contributed by atoms with Crippen LogP contribution in [0.4, 0.5) is 13.2 Å². The van der Waals surface area contributed by atoms with E-state index in [-0.39, 0.29) is 12.5 Å². The van der Waals surface area contributed by atoms with Gasteiger partial charge < -0.3 is 14.8 Å². The summed E-state index contributed by atoms with van der Waals surface area (Å²) >= 11 is 0. The van der Waals surface area contributed by atoms with Crippen molar-refractivity contribution in [1.29, 1.82) is 0 Å². The molecule has 0 aliphatic rings. The molecule has 3 nitrogen and oxygen atoms in total. The van der Waals surface area contributed by atoms with Crippen molar-refractivity contribution in [3.63, 3.8) is 0 Å². The van der Waals surface area contributed by atoms with Gasteiger partial charge in [0.25, 0.3) is 0 Å². The van der Waals surface area contributed by atoms with Crippen LogP contribution in [0, 0.1) is 0 Å². The third kappa shape index (κ3) is 8.40. The van der Waals surface area contributed by atoms with Crippen LogP contribution in [0.25, 0.3) is 0 Å². The van der Waals surface area contributed by atoms with E-state index in [0.717, 1.165) is 0 Å². The molecule has 0 amide bonds. The van der Waals surface area contributed by atoms with E-state index in [2.05, 4.69) is 5.32 Å². The van der Waals surface area contributed by atoms with Crippen molar-refractivity contribution < 1.29 is 22.6 Å². The van der Waals surface area contributed by atoms with Crippen LogP contribution in [0.5, 0.6) is 0 Å². The fourth-order valence-corrected chi connectivity index (χ4v) is 1.55. The molecule has 0 radical (unpaired) electrons. The van der Waals surface area contributed by atoms with Crippen LogP contribution in [0.2, 0.25) is 0 Å². The quantitative estimate of drug-likeness (QED) is 0.644. The van der Waals surface area contributed by atoms with Crippen LogP contribution in [-0.4, -0.2) is 38.8 Å². The lowest BCUT2D eigenvalue weighted by atomic mass is 10.1. The van der Waals surface area contributed by atoms with Crippen molar-refractivity contribution in [3.05, 3.63) is 0 Å². The molecule has 0 aromatic rings. The third-order valence-corrected chi connectivity index (χ3v) is 2.34. The first kappa shape index (κ1) is 16.7. The van der Waals surface area contributed by atoms with Crippen LogP contribution in [0.3, 0.4) is 0 Å². The molecular weight excluding hydrogens is 235 g/mol. The van der Waals surface area contributed by atoms with Gasteiger partial charge in [0, 0.05) is 19.6 Å². The van der Waals surface area contributed by atoms with Gasteiger partial charge in [0.05, 0.1) is 6.04 Å². The number of alkyl halides is 3. The standard InChI is InChI=1S/C11H22F3NO2/c1-4-16-10(17-5-2)9(15-3)7-6-8-11(12,13)14/h9-10,15H,4-8H2,1-3H3. The maximum absolute atomic E-state index is 12.0. The Hall–Kier alpha value is -0.330. The Morgan fingerprint density at radius 1 is 1.12 bits per heavy atom. The average Bonchev–Trinajstić information content (AvgIpc) is 2.23. The number of likely N-dealkylation sites (N-methyl/N-ethyl adjacent to an activating group) is 1. The van der Waals surface area contributed by atoms with Crippen molar-refractivity contribution >= 4 is 0 Å². The molecule has 1 N–H and O–H groups in total. The van der Waals surface area contributed by atoms with Gasteiger partial charge in [0.1, 0.15) is 0 Å². The molecule has 0 aromatic heterocycles. The Balaban J connectivity index is 4.08. The number of halogens is 3. The highest BCUT2D eigenvalue weighted by Crippen LogP contribution is 2.23. The molecule has 0 saturated heterocycles. The summed E-state index contributed by atoms with van der Waals surface area (Å²) in [6.45, 7) is 4.60. The molecule has 0 spiro atoms. The van der Waals surface area contributed by atoms with Gasteiger partial charge in [-0.1, -0.05) is 0 Å². The lowest BCUT2D eigenvalue weighted by Crippen LogP contribution is -2.41. The maximum atomic E-state index is 12.0. The van der Waals surface area contributed by atoms with Crippen LogP contribution in [0.1, 0.15) is 33.1 Å². The summed E-state index contributed by atoms with van der Waals surface area (Å²) in [6.07, 6.45) is -4.89. The van der Waals surface area contributed by atoms with E-state index in [1.54, 1.807) is 7.05 Å². The molecule has 1 unspecified atom stereocenters. The van der Waals surface area contributed by atoms with Gasteiger partial charge in [-0.2, -0.15) is 13.2 Å². The normalized spacial score (nSPS) is 14.3. The number of hydrogen-bond donors (Lipinski definition) is 1. The van der Waals surface area contributed by atoms with Crippen molar-refractivity contribution in [2.75, 3.05) is 20.3 Å². The maximum Gasteiger partial charge on any atom is 0.389 e. The van der Waals surface area contributed by atoms with Crippen molar-refractivity contribution in [2.45, 2.75) is 51.6 Å². The third-order valence-electron chi connectivity index (χ3n) is 2.34. The van der Waals surface area contributed by atoms with Gasteiger partial charge in [-0.05, 0) is 33.7 Å². The molecule has 0 saturated carbocycles. The second-order valence-electron chi connectivity index (χ2n) is 3.68. The largest absolute Gasteiger partial charge is 0.389 e. The predicted octanol–water partition coefficient (Wildman–Crippen LogP) is 2.71. The van der Waals surface area contributed by atoms with Crippen LogP contribution in [0.15, 0.2) is 0 Å². The van der Waals surface area contributed by atoms with E-state index >= 15 is 0 Å². The SMILES string of the molecule is CCOC(OCC)C(CCCC(F)(F)F)NC. The Kier molecular flexibility index (Phi) is 8.55. The fourth-order valence-electron chi connectivity index (χ4n) is 1.55. The molecule has 0 fully saturated rings. The monoisotopic (exact) mass is 257 g/mol. The summed E-state index contributed by atoms with van der Waals surface area (Å²) in [6, 6.07) is -0.211. The smallest absolute Gasteiger partial charge is 0.351 e. The fraction of sp³-hybridized carbons (Fsp3) is 1.00. The van der Waals surface area contributed by atoms with E-state index in [9.17, 15) is 13.2 Å². The molecule has 0 heterocycles. The predicted molar refractivity (Wildman–Crippen MR) is 59.8 cm³/mol. The van der Waals surface area contributed by atoms with Gasteiger partial charge in [-0.25, -0.2) is 0 Å². The molecule has 6 heteroatoms. The van der Waals surface area contributed by atoms with Gasteiger partial charge in [-0.3, -0.25) is 0 Å². The molecule has 0 rings (SSSR count). The highest BCUT2D eigenvalue weighted by atomic mass is 19.4. The van der Waals surface area contributed by atoms with E-state index in [1.165, 1.54) is 0 Å². The zero-order valence-electron chi connectivity index (χ0n) is 10.6. The minimum absolute atomic E-state index is 0.0751. The summed E-state index contributed by atoms with van der Waals surface area (Å²) in [5.41, 5.74) is 0. The Morgan fingerprint density at radius 3 is 2.00 bits per heavy atom. The van der Waals surface area contributed by atoms with E-state index in [4.69, 9.17) is 9.47 Å². The topological polar surface area (TPSA) is 30.5 Å². The molecular formula is C11H22F3NO2. The van der Waals surface area contributed by atoms with Crippen LogP contribution in [-0.2, 0) is 9.47 Å². The molecule has 0 aliphatic carbocycles.